The zero-order valence-corrected chi connectivity index (χ0v) is 16.7. The van der Waals surface area contributed by atoms with Crippen molar-refractivity contribution in [3.63, 3.8) is 0 Å². The van der Waals surface area contributed by atoms with E-state index in [4.69, 9.17) is 4.98 Å². The molecule has 1 aromatic heterocycles. The van der Waals surface area contributed by atoms with Crippen LogP contribution in [0.15, 0.2) is 36.4 Å². The van der Waals surface area contributed by atoms with Crippen LogP contribution in [0.1, 0.15) is 36.2 Å². The van der Waals surface area contributed by atoms with E-state index in [-0.39, 0.29) is 5.91 Å². The number of hydrogen-bond donors (Lipinski definition) is 0. The highest BCUT2D eigenvalue weighted by molar-refractivity contribution is 5.93. The number of amides is 2. The summed E-state index contributed by atoms with van der Waals surface area (Å²) in [5.74, 6) is 1.31. The number of likely N-dealkylation sites (tertiary alicyclic amines) is 1. The lowest BCUT2D eigenvalue weighted by atomic mass is 10.2. The van der Waals surface area contributed by atoms with Crippen molar-refractivity contribution >= 4 is 18.1 Å². The molecule has 0 atom stereocenters. The van der Waals surface area contributed by atoms with Gasteiger partial charge in [-0.05, 0) is 12.8 Å². The molecule has 0 spiro atoms. The topological polar surface area (TPSA) is 69.6 Å². The van der Waals surface area contributed by atoms with Gasteiger partial charge < -0.3 is 14.7 Å². The average Bonchev–Trinajstić information content (AvgIpc) is 3.08. The van der Waals surface area contributed by atoms with Crippen LogP contribution >= 0.6 is 0 Å². The lowest BCUT2D eigenvalue weighted by Gasteiger charge is -2.33. The van der Waals surface area contributed by atoms with Crippen LogP contribution in [-0.2, 0) is 4.79 Å². The number of piperazine rings is 1. The second-order valence-corrected chi connectivity index (χ2v) is 7.64. The molecule has 2 saturated heterocycles. The van der Waals surface area contributed by atoms with Crippen LogP contribution in [0.25, 0.3) is 11.4 Å². The Labute approximate surface area is 171 Å². The molecular formula is C22H27N5O2. The first-order chi connectivity index (χ1) is 14.2. The van der Waals surface area contributed by atoms with Crippen molar-refractivity contribution in [3.8, 4) is 11.4 Å². The molecule has 7 nitrogen and oxygen atoms in total. The Hall–Kier alpha value is -2.96. The van der Waals surface area contributed by atoms with Gasteiger partial charge in [0, 0.05) is 50.9 Å². The van der Waals surface area contributed by atoms with Gasteiger partial charge in [0.2, 0.25) is 6.41 Å². The molecule has 0 aliphatic carbocycles. The first-order valence-corrected chi connectivity index (χ1v) is 10.4. The van der Waals surface area contributed by atoms with E-state index in [0.717, 1.165) is 43.7 Å². The predicted molar refractivity (Wildman–Crippen MR) is 112 cm³/mol. The van der Waals surface area contributed by atoms with E-state index in [2.05, 4.69) is 9.88 Å². The van der Waals surface area contributed by atoms with Gasteiger partial charge in [-0.2, -0.15) is 0 Å². The maximum absolute atomic E-state index is 13.2. The van der Waals surface area contributed by atoms with E-state index < -0.39 is 0 Å². The van der Waals surface area contributed by atoms with Crippen molar-refractivity contribution in [2.24, 2.45) is 0 Å². The first-order valence-electron chi connectivity index (χ1n) is 10.4. The van der Waals surface area contributed by atoms with Gasteiger partial charge in [0.15, 0.2) is 5.82 Å². The molecule has 2 aromatic rings. The molecule has 0 N–H and O–H groups in total. The van der Waals surface area contributed by atoms with E-state index in [0.29, 0.717) is 37.7 Å². The van der Waals surface area contributed by atoms with Gasteiger partial charge >= 0.3 is 0 Å². The quantitative estimate of drug-likeness (QED) is 0.747. The minimum Gasteiger partial charge on any atom is -0.353 e. The molecule has 4 rings (SSSR count). The lowest BCUT2D eigenvalue weighted by molar-refractivity contribution is -0.118. The number of hydrogen-bond acceptors (Lipinski definition) is 5. The maximum Gasteiger partial charge on any atom is 0.272 e. The number of carbonyl (C=O) groups is 2. The number of rotatable bonds is 4. The number of aromatic nitrogens is 2. The van der Waals surface area contributed by atoms with Crippen molar-refractivity contribution in [2.75, 3.05) is 44.2 Å². The molecule has 29 heavy (non-hydrogen) atoms. The molecule has 0 bridgehead atoms. The maximum atomic E-state index is 13.2. The second kappa shape index (κ2) is 9.03. The highest BCUT2D eigenvalue weighted by atomic mass is 16.2. The SMILES string of the molecule is O=CN1CCN(c2cc(C(=O)N3CCCCCC3)nc(-c3ccccc3)n2)CC1. The molecule has 3 heterocycles. The fourth-order valence-corrected chi connectivity index (χ4v) is 3.91. The molecule has 2 aliphatic rings. The van der Waals surface area contributed by atoms with Crippen molar-refractivity contribution in [3.05, 3.63) is 42.1 Å². The third kappa shape index (κ3) is 4.55. The van der Waals surface area contributed by atoms with Gasteiger partial charge in [0.1, 0.15) is 11.5 Å². The highest BCUT2D eigenvalue weighted by Gasteiger charge is 2.23. The summed E-state index contributed by atoms with van der Waals surface area (Å²) in [5, 5.41) is 0. The van der Waals surface area contributed by atoms with Gasteiger partial charge in [-0.25, -0.2) is 9.97 Å². The van der Waals surface area contributed by atoms with E-state index in [1.54, 1.807) is 4.90 Å². The standard InChI is InChI=1S/C22H27N5O2/c28-17-25-12-14-26(15-13-25)20-16-19(22(29)27-10-6-1-2-7-11-27)23-21(24-20)18-8-4-3-5-9-18/h3-5,8-9,16-17H,1-2,6-7,10-15H2. The number of anilines is 1. The van der Waals surface area contributed by atoms with Crippen LogP contribution < -0.4 is 4.90 Å². The molecule has 0 radical (unpaired) electrons. The summed E-state index contributed by atoms with van der Waals surface area (Å²) < 4.78 is 0. The van der Waals surface area contributed by atoms with Crippen LogP contribution in [-0.4, -0.2) is 71.4 Å². The first kappa shape index (κ1) is 19.4. The number of carbonyl (C=O) groups excluding carboxylic acids is 2. The predicted octanol–water partition coefficient (Wildman–Crippen LogP) is 2.44. The van der Waals surface area contributed by atoms with Crippen LogP contribution in [0.4, 0.5) is 5.82 Å². The highest BCUT2D eigenvalue weighted by Crippen LogP contribution is 2.23. The van der Waals surface area contributed by atoms with E-state index in [1.807, 2.05) is 41.3 Å². The Balaban J connectivity index is 1.66. The van der Waals surface area contributed by atoms with Crippen LogP contribution in [0, 0.1) is 0 Å². The van der Waals surface area contributed by atoms with Gasteiger partial charge in [-0.15, -0.1) is 0 Å². The monoisotopic (exact) mass is 393 g/mol. The summed E-state index contributed by atoms with van der Waals surface area (Å²) in [6.45, 7) is 4.28. The smallest absolute Gasteiger partial charge is 0.272 e. The molecule has 2 fully saturated rings. The summed E-state index contributed by atoms with van der Waals surface area (Å²) in [6.07, 6.45) is 5.33. The zero-order valence-electron chi connectivity index (χ0n) is 16.7. The summed E-state index contributed by atoms with van der Waals surface area (Å²) in [6, 6.07) is 11.6. The minimum absolute atomic E-state index is 0.0146. The van der Waals surface area contributed by atoms with Crippen LogP contribution in [0.5, 0.6) is 0 Å². The summed E-state index contributed by atoms with van der Waals surface area (Å²) in [7, 11) is 0. The van der Waals surface area contributed by atoms with Crippen molar-refractivity contribution < 1.29 is 9.59 Å². The Bertz CT molecular complexity index is 842. The zero-order chi connectivity index (χ0) is 20.1. The molecular weight excluding hydrogens is 366 g/mol. The molecule has 152 valence electrons. The Kier molecular flexibility index (Phi) is 6.03. The van der Waals surface area contributed by atoms with Gasteiger partial charge in [0.25, 0.3) is 5.91 Å². The Morgan fingerprint density at radius 3 is 2.21 bits per heavy atom. The fraction of sp³-hybridized carbons (Fsp3) is 0.455. The van der Waals surface area contributed by atoms with E-state index in [9.17, 15) is 9.59 Å². The van der Waals surface area contributed by atoms with Crippen LogP contribution in [0.3, 0.4) is 0 Å². The van der Waals surface area contributed by atoms with Gasteiger partial charge in [0.05, 0.1) is 0 Å². The molecule has 2 amide bonds. The third-order valence-electron chi connectivity index (χ3n) is 5.64. The van der Waals surface area contributed by atoms with E-state index in [1.165, 1.54) is 12.8 Å². The average molecular weight is 393 g/mol. The molecule has 2 aliphatic heterocycles. The Morgan fingerprint density at radius 2 is 1.55 bits per heavy atom. The largest absolute Gasteiger partial charge is 0.353 e. The minimum atomic E-state index is -0.0146. The molecule has 0 saturated carbocycles. The second-order valence-electron chi connectivity index (χ2n) is 7.64. The van der Waals surface area contributed by atoms with Crippen molar-refractivity contribution in [2.45, 2.75) is 25.7 Å². The van der Waals surface area contributed by atoms with Crippen molar-refractivity contribution in [1.29, 1.82) is 0 Å². The van der Waals surface area contributed by atoms with Gasteiger partial charge in [-0.3, -0.25) is 9.59 Å². The summed E-state index contributed by atoms with van der Waals surface area (Å²) >= 11 is 0. The van der Waals surface area contributed by atoms with Gasteiger partial charge in [-0.1, -0.05) is 43.2 Å². The third-order valence-corrected chi connectivity index (χ3v) is 5.64. The fourth-order valence-electron chi connectivity index (χ4n) is 3.91. The number of benzene rings is 1. The summed E-state index contributed by atoms with van der Waals surface area (Å²) in [5.41, 5.74) is 1.35. The van der Waals surface area contributed by atoms with E-state index >= 15 is 0 Å². The number of nitrogens with zero attached hydrogens (tertiary/aromatic N) is 5. The van der Waals surface area contributed by atoms with Crippen LogP contribution in [0.2, 0.25) is 0 Å². The summed E-state index contributed by atoms with van der Waals surface area (Å²) in [4.78, 5) is 39.5. The molecule has 7 heteroatoms. The normalized spacial score (nSPS) is 17.7. The molecule has 1 aromatic carbocycles. The lowest BCUT2D eigenvalue weighted by Crippen LogP contribution is -2.46. The molecule has 0 unspecified atom stereocenters. The van der Waals surface area contributed by atoms with Crippen molar-refractivity contribution in [1.82, 2.24) is 19.8 Å². The Morgan fingerprint density at radius 1 is 0.862 bits per heavy atom.